The molecule has 0 aliphatic carbocycles. The molecular formula is C19H11FN2O4S. The number of anilines is 2. The van der Waals surface area contributed by atoms with E-state index in [0.29, 0.717) is 27.9 Å². The zero-order valence-corrected chi connectivity index (χ0v) is 14.7. The Morgan fingerprint density at radius 1 is 0.926 bits per heavy atom. The summed E-state index contributed by atoms with van der Waals surface area (Å²) >= 11 is 0.555. The molecule has 0 spiro atoms. The molecule has 1 saturated heterocycles. The van der Waals surface area contributed by atoms with E-state index in [4.69, 9.17) is 0 Å². The summed E-state index contributed by atoms with van der Waals surface area (Å²) in [5.41, 5.74) is 0.528. The van der Waals surface area contributed by atoms with Crippen LogP contribution in [0, 0.1) is 5.82 Å². The second kappa shape index (κ2) is 6.17. The first-order chi connectivity index (χ1) is 12.9. The Bertz CT molecular complexity index is 1080. The van der Waals surface area contributed by atoms with E-state index in [-0.39, 0.29) is 16.2 Å². The molecule has 2 aromatic rings. The molecule has 2 aliphatic heterocycles. The fraction of sp³-hybridized carbons (Fsp3) is 0.0526. The van der Waals surface area contributed by atoms with E-state index in [9.17, 15) is 23.6 Å². The average Bonchev–Trinajstić information content (AvgIpc) is 3.08. The van der Waals surface area contributed by atoms with Crippen molar-refractivity contribution < 1.29 is 23.6 Å². The molecule has 0 bridgehead atoms. The molecule has 0 radical (unpaired) electrons. The van der Waals surface area contributed by atoms with Crippen LogP contribution in [0.3, 0.4) is 0 Å². The normalized spacial score (nSPS) is 19.1. The maximum absolute atomic E-state index is 14.1. The van der Waals surface area contributed by atoms with Crippen molar-refractivity contribution >= 4 is 51.7 Å². The van der Waals surface area contributed by atoms with Gasteiger partial charge in [-0.1, -0.05) is 30.3 Å². The lowest BCUT2D eigenvalue weighted by molar-refractivity contribution is -0.122. The van der Waals surface area contributed by atoms with E-state index in [1.165, 1.54) is 25.1 Å². The van der Waals surface area contributed by atoms with Gasteiger partial charge >= 0.3 is 0 Å². The molecule has 1 fully saturated rings. The number of imide groups is 2. The number of carbonyl (C=O) groups is 4. The summed E-state index contributed by atoms with van der Waals surface area (Å²) in [7, 11) is 0. The molecule has 2 aromatic carbocycles. The molecule has 0 unspecified atom stereocenters. The van der Waals surface area contributed by atoms with Gasteiger partial charge in [0.05, 0.1) is 21.9 Å². The van der Waals surface area contributed by atoms with Gasteiger partial charge < -0.3 is 0 Å². The lowest BCUT2D eigenvalue weighted by Crippen LogP contribution is -2.32. The highest BCUT2D eigenvalue weighted by atomic mass is 32.2. The van der Waals surface area contributed by atoms with Crippen LogP contribution < -0.4 is 9.80 Å². The number of hydrogen-bond acceptors (Lipinski definition) is 5. The minimum absolute atomic E-state index is 0.0250. The predicted octanol–water partition coefficient (Wildman–Crippen LogP) is 3.33. The number of carbonyl (C=O) groups excluding carboxylic acids is 4. The van der Waals surface area contributed by atoms with E-state index in [1.807, 2.05) is 0 Å². The quantitative estimate of drug-likeness (QED) is 0.708. The van der Waals surface area contributed by atoms with Crippen LogP contribution in [0.1, 0.15) is 12.5 Å². The first-order valence-electron chi connectivity index (χ1n) is 7.91. The number of halogens is 1. The van der Waals surface area contributed by atoms with Gasteiger partial charge in [0.2, 0.25) is 5.91 Å². The Labute approximate surface area is 157 Å². The molecule has 4 rings (SSSR count). The van der Waals surface area contributed by atoms with Crippen LogP contribution in [0.4, 0.5) is 20.6 Å². The Morgan fingerprint density at radius 3 is 2.22 bits per heavy atom. The van der Waals surface area contributed by atoms with Crippen LogP contribution in [0.5, 0.6) is 0 Å². The number of thioether (sulfide) groups is 1. The maximum atomic E-state index is 14.1. The Morgan fingerprint density at radius 2 is 1.56 bits per heavy atom. The Kier molecular flexibility index (Phi) is 3.92. The van der Waals surface area contributed by atoms with Gasteiger partial charge in [-0.2, -0.15) is 0 Å². The van der Waals surface area contributed by atoms with E-state index >= 15 is 0 Å². The summed E-state index contributed by atoms with van der Waals surface area (Å²) in [6.07, 6.45) is 0. The summed E-state index contributed by atoms with van der Waals surface area (Å²) in [5, 5.41) is -0.709. The molecule has 0 atom stereocenters. The summed E-state index contributed by atoms with van der Waals surface area (Å²) < 4.78 is 14.1. The molecule has 2 heterocycles. The van der Waals surface area contributed by atoms with E-state index in [0.717, 1.165) is 11.0 Å². The van der Waals surface area contributed by atoms with Gasteiger partial charge in [-0.3, -0.25) is 19.2 Å². The first-order valence-corrected chi connectivity index (χ1v) is 8.73. The summed E-state index contributed by atoms with van der Waals surface area (Å²) in [6, 6.07) is 11.9. The summed E-state index contributed by atoms with van der Waals surface area (Å²) in [4.78, 5) is 51.6. The van der Waals surface area contributed by atoms with Crippen LogP contribution in [0.25, 0.3) is 5.57 Å². The smallest absolute Gasteiger partial charge is 0.274 e. The third kappa shape index (κ3) is 2.48. The van der Waals surface area contributed by atoms with Crippen molar-refractivity contribution in [3.63, 3.8) is 0 Å². The van der Waals surface area contributed by atoms with Crippen molar-refractivity contribution in [3.05, 3.63) is 64.8 Å². The second-order valence-electron chi connectivity index (χ2n) is 5.84. The van der Waals surface area contributed by atoms with Crippen molar-refractivity contribution in [2.24, 2.45) is 0 Å². The molecule has 8 heteroatoms. The van der Waals surface area contributed by atoms with Crippen molar-refractivity contribution in [2.45, 2.75) is 6.92 Å². The predicted molar refractivity (Wildman–Crippen MR) is 98.4 cm³/mol. The lowest BCUT2D eigenvalue weighted by atomic mass is 10.1. The minimum atomic E-state index is -0.793. The summed E-state index contributed by atoms with van der Waals surface area (Å²) in [6.45, 7) is 1.24. The largest absolute Gasteiger partial charge is 0.298 e. The highest BCUT2D eigenvalue weighted by Gasteiger charge is 2.45. The lowest BCUT2D eigenvalue weighted by Gasteiger charge is -2.13. The van der Waals surface area contributed by atoms with Crippen LogP contribution in [0.15, 0.2) is 53.4 Å². The molecule has 2 aliphatic rings. The SMILES string of the molecule is CC(=O)N1C(=O)/C(=C2\SC(=O)N(c3ccccc3F)C2=O)c2ccccc21. The van der Waals surface area contributed by atoms with Crippen LogP contribution in [0.2, 0.25) is 0 Å². The number of amides is 4. The van der Waals surface area contributed by atoms with Gasteiger partial charge in [-0.25, -0.2) is 14.2 Å². The molecule has 27 heavy (non-hydrogen) atoms. The summed E-state index contributed by atoms with van der Waals surface area (Å²) in [5.74, 6) is -2.70. The molecule has 134 valence electrons. The number of benzene rings is 2. The first kappa shape index (κ1) is 17.2. The van der Waals surface area contributed by atoms with E-state index in [1.54, 1.807) is 24.3 Å². The molecule has 0 aromatic heterocycles. The van der Waals surface area contributed by atoms with Crippen LogP contribution >= 0.6 is 11.8 Å². The Hall–Kier alpha value is -3.26. The van der Waals surface area contributed by atoms with Gasteiger partial charge in [0, 0.05) is 12.5 Å². The van der Waals surface area contributed by atoms with Gasteiger partial charge in [0.15, 0.2) is 0 Å². The van der Waals surface area contributed by atoms with Gasteiger partial charge in [0.1, 0.15) is 5.82 Å². The van der Waals surface area contributed by atoms with Crippen LogP contribution in [-0.2, 0) is 14.4 Å². The molecule has 0 N–H and O–H groups in total. The number of nitrogens with zero attached hydrogens (tertiary/aromatic N) is 2. The van der Waals surface area contributed by atoms with Crippen LogP contribution in [-0.4, -0.2) is 23.0 Å². The van der Waals surface area contributed by atoms with E-state index in [2.05, 4.69) is 0 Å². The Balaban J connectivity index is 1.89. The second-order valence-corrected chi connectivity index (χ2v) is 6.80. The molecule has 6 nitrogen and oxygen atoms in total. The van der Waals surface area contributed by atoms with Crippen molar-refractivity contribution in [2.75, 3.05) is 9.80 Å². The van der Waals surface area contributed by atoms with Crippen molar-refractivity contribution in [1.82, 2.24) is 0 Å². The zero-order valence-electron chi connectivity index (χ0n) is 13.9. The number of para-hydroxylation sites is 2. The molecule has 0 saturated carbocycles. The highest BCUT2D eigenvalue weighted by molar-refractivity contribution is 8.19. The highest BCUT2D eigenvalue weighted by Crippen LogP contribution is 2.45. The fourth-order valence-corrected chi connectivity index (χ4v) is 4.03. The zero-order chi connectivity index (χ0) is 19.3. The molecular weight excluding hydrogens is 371 g/mol. The van der Waals surface area contributed by atoms with Gasteiger partial charge in [-0.05, 0) is 30.0 Å². The van der Waals surface area contributed by atoms with Gasteiger partial charge in [0.25, 0.3) is 17.1 Å². The number of hydrogen-bond donors (Lipinski definition) is 0. The number of rotatable bonds is 1. The topological polar surface area (TPSA) is 74.8 Å². The fourth-order valence-electron chi connectivity index (χ4n) is 3.11. The molecule has 4 amide bonds. The average molecular weight is 382 g/mol. The standard InChI is InChI=1S/C19H11FN2O4S/c1-10(23)21-13-8-4-2-6-11(13)15(17(21)24)16-18(25)22(19(26)27-16)14-9-5-3-7-12(14)20/h2-9H,1H3/b16-15-. The number of fused-ring (bicyclic) bond motifs is 1. The van der Waals surface area contributed by atoms with Crippen molar-refractivity contribution in [1.29, 1.82) is 0 Å². The third-order valence-corrected chi connectivity index (χ3v) is 5.18. The maximum Gasteiger partial charge on any atom is 0.298 e. The third-order valence-electron chi connectivity index (χ3n) is 4.24. The van der Waals surface area contributed by atoms with Crippen molar-refractivity contribution in [3.8, 4) is 0 Å². The van der Waals surface area contributed by atoms with Gasteiger partial charge in [-0.15, -0.1) is 0 Å². The minimum Gasteiger partial charge on any atom is -0.274 e. The monoisotopic (exact) mass is 382 g/mol. The van der Waals surface area contributed by atoms with E-state index < -0.39 is 28.8 Å².